The second kappa shape index (κ2) is 6.16. The third kappa shape index (κ3) is 3.35. The van der Waals surface area contributed by atoms with Gasteiger partial charge in [-0.3, -0.25) is 4.79 Å². The minimum atomic E-state index is -0.0608. The summed E-state index contributed by atoms with van der Waals surface area (Å²) >= 11 is 0. The summed E-state index contributed by atoms with van der Waals surface area (Å²) in [5.74, 6) is 0.116. The van der Waals surface area contributed by atoms with E-state index >= 15 is 0 Å². The number of carbonyl (C=O) groups excluding carboxylic acids is 2. The normalized spacial score (nSPS) is 21.9. The lowest BCUT2D eigenvalue weighted by Crippen LogP contribution is -2.44. The number of urea groups is 1. The molecule has 1 N–H and O–H groups in total. The number of hydrogen-bond acceptors (Lipinski definition) is 2. The smallest absolute Gasteiger partial charge is 0.317 e. The van der Waals surface area contributed by atoms with Crippen LogP contribution < -0.4 is 5.32 Å². The van der Waals surface area contributed by atoms with Gasteiger partial charge in [-0.05, 0) is 18.4 Å². The molecule has 1 aromatic carbocycles. The molecule has 5 heteroatoms. The Kier molecular flexibility index (Phi) is 4.08. The van der Waals surface area contributed by atoms with E-state index in [0.717, 1.165) is 31.5 Å². The Labute approximate surface area is 124 Å². The molecule has 0 saturated carbocycles. The van der Waals surface area contributed by atoms with Crippen LogP contribution in [0.2, 0.25) is 0 Å². The Hall–Kier alpha value is -2.04. The lowest BCUT2D eigenvalue weighted by atomic mass is 10.2. The molecule has 0 radical (unpaired) electrons. The number of nitrogens with zero attached hydrogens (tertiary/aromatic N) is 2. The number of likely N-dealkylation sites (tertiary alicyclic amines) is 2. The van der Waals surface area contributed by atoms with Crippen LogP contribution in [0.1, 0.15) is 24.8 Å². The van der Waals surface area contributed by atoms with Gasteiger partial charge in [-0.1, -0.05) is 30.3 Å². The molecule has 2 saturated heterocycles. The van der Waals surface area contributed by atoms with Crippen LogP contribution in [0.25, 0.3) is 0 Å². The maximum atomic E-state index is 12.1. The molecule has 0 bridgehead atoms. The van der Waals surface area contributed by atoms with Crippen molar-refractivity contribution in [2.45, 2.75) is 31.8 Å². The highest BCUT2D eigenvalue weighted by Crippen LogP contribution is 2.16. The third-order valence-electron chi connectivity index (χ3n) is 4.15. The molecule has 0 aromatic heterocycles. The first-order valence-corrected chi connectivity index (χ1v) is 7.59. The molecule has 0 spiro atoms. The number of hydrogen-bond donors (Lipinski definition) is 1. The Morgan fingerprint density at radius 3 is 2.62 bits per heavy atom. The highest BCUT2D eigenvalue weighted by Gasteiger charge is 2.31. The lowest BCUT2D eigenvalue weighted by Gasteiger charge is -2.20. The minimum absolute atomic E-state index is 0.0214. The zero-order chi connectivity index (χ0) is 14.7. The van der Waals surface area contributed by atoms with E-state index in [9.17, 15) is 9.59 Å². The first-order valence-electron chi connectivity index (χ1n) is 7.59. The summed E-state index contributed by atoms with van der Waals surface area (Å²) in [4.78, 5) is 27.8. The van der Waals surface area contributed by atoms with Crippen molar-refractivity contribution < 1.29 is 9.59 Å². The molecule has 2 fully saturated rings. The van der Waals surface area contributed by atoms with E-state index < -0.39 is 0 Å². The van der Waals surface area contributed by atoms with Crippen LogP contribution in [0.5, 0.6) is 0 Å². The fraction of sp³-hybridized carbons (Fsp3) is 0.500. The average Bonchev–Trinajstić information content (AvgIpc) is 3.11. The van der Waals surface area contributed by atoms with Gasteiger partial charge in [0.15, 0.2) is 0 Å². The summed E-state index contributed by atoms with van der Waals surface area (Å²) in [5, 5.41) is 2.99. The maximum absolute atomic E-state index is 12.1. The zero-order valence-corrected chi connectivity index (χ0v) is 12.1. The Morgan fingerprint density at radius 1 is 1.19 bits per heavy atom. The van der Waals surface area contributed by atoms with Gasteiger partial charge in [-0.2, -0.15) is 0 Å². The summed E-state index contributed by atoms with van der Waals surface area (Å²) in [5.41, 5.74) is 1.12. The molecule has 1 atom stereocenters. The summed E-state index contributed by atoms with van der Waals surface area (Å²) in [6.45, 7) is 2.89. The van der Waals surface area contributed by atoms with E-state index in [1.54, 1.807) is 0 Å². The van der Waals surface area contributed by atoms with E-state index in [1.807, 2.05) is 40.1 Å². The van der Waals surface area contributed by atoms with Crippen molar-refractivity contribution in [1.82, 2.24) is 15.1 Å². The van der Waals surface area contributed by atoms with Crippen molar-refractivity contribution in [3.8, 4) is 0 Å². The van der Waals surface area contributed by atoms with Gasteiger partial charge >= 0.3 is 6.03 Å². The summed E-state index contributed by atoms with van der Waals surface area (Å²) < 4.78 is 0. The Balaban J connectivity index is 1.53. The van der Waals surface area contributed by atoms with Gasteiger partial charge in [0.05, 0.1) is 6.04 Å². The van der Waals surface area contributed by atoms with Crippen molar-refractivity contribution in [3.05, 3.63) is 35.9 Å². The number of benzene rings is 1. The van der Waals surface area contributed by atoms with Crippen LogP contribution in [0.3, 0.4) is 0 Å². The van der Waals surface area contributed by atoms with Gasteiger partial charge in [0.1, 0.15) is 0 Å². The first kappa shape index (κ1) is 13.9. The molecule has 1 unspecified atom stereocenters. The van der Waals surface area contributed by atoms with Crippen molar-refractivity contribution >= 4 is 11.9 Å². The van der Waals surface area contributed by atoms with Crippen LogP contribution >= 0.6 is 0 Å². The number of carbonyl (C=O) groups is 2. The Morgan fingerprint density at radius 2 is 1.90 bits per heavy atom. The van der Waals surface area contributed by atoms with Gasteiger partial charge in [-0.15, -0.1) is 0 Å². The zero-order valence-electron chi connectivity index (χ0n) is 12.1. The molecular weight excluding hydrogens is 266 g/mol. The molecule has 5 nitrogen and oxygen atoms in total. The van der Waals surface area contributed by atoms with E-state index in [4.69, 9.17) is 0 Å². The number of nitrogens with one attached hydrogen (secondary N) is 1. The predicted molar refractivity (Wildman–Crippen MR) is 79.6 cm³/mol. The molecule has 2 heterocycles. The molecule has 112 valence electrons. The van der Waals surface area contributed by atoms with Crippen LogP contribution in [0, 0.1) is 0 Å². The fourth-order valence-electron chi connectivity index (χ4n) is 3.01. The monoisotopic (exact) mass is 287 g/mol. The summed E-state index contributed by atoms with van der Waals surface area (Å²) in [7, 11) is 0. The molecule has 0 aliphatic carbocycles. The van der Waals surface area contributed by atoms with Gasteiger partial charge in [0, 0.05) is 32.6 Å². The summed E-state index contributed by atoms with van der Waals surface area (Å²) in [6.07, 6.45) is 2.57. The minimum Gasteiger partial charge on any atom is -0.336 e. The molecule has 2 aliphatic heterocycles. The Bertz CT molecular complexity index is 512. The predicted octanol–water partition coefficient (Wildman–Crippen LogP) is 1.59. The first-order chi connectivity index (χ1) is 10.2. The highest BCUT2D eigenvalue weighted by molar-refractivity contribution is 5.81. The molecule has 2 aliphatic rings. The quantitative estimate of drug-likeness (QED) is 0.918. The van der Waals surface area contributed by atoms with Gasteiger partial charge in [-0.25, -0.2) is 4.79 Å². The SMILES string of the molecule is O=C1CC(NC(=O)N2CCCC2)CN1Cc1ccccc1. The summed E-state index contributed by atoms with van der Waals surface area (Å²) in [6, 6.07) is 9.87. The van der Waals surface area contributed by atoms with Crippen LogP contribution in [-0.4, -0.2) is 47.4 Å². The van der Waals surface area contributed by atoms with E-state index in [-0.39, 0.29) is 18.0 Å². The second-order valence-corrected chi connectivity index (χ2v) is 5.80. The van der Waals surface area contributed by atoms with E-state index in [1.165, 1.54) is 0 Å². The maximum Gasteiger partial charge on any atom is 0.317 e. The topological polar surface area (TPSA) is 52.7 Å². The van der Waals surface area contributed by atoms with Crippen LogP contribution in [0.15, 0.2) is 30.3 Å². The van der Waals surface area contributed by atoms with Gasteiger partial charge in [0.25, 0.3) is 0 Å². The number of rotatable bonds is 3. The average molecular weight is 287 g/mol. The largest absolute Gasteiger partial charge is 0.336 e. The van der Waals surface area contributed by atoms with Crippen molar-refractivity contribution in [1.29, 1.82) is 0 Å². The van der Waals surface area contributed by atoms with Crippen molar-refractivity contribution in [2.75, 3.05) is 19.6 Å². The van der Waals surface area contributed by atoms with E-state index in [2.05, 4.69) is 5.32 Å². The van der Waals surface area contributed by atoms with Crippen LogP contribution in [-0.2, 0) is 11.3 Å². The van der Waals surface area contributed by atoms with Crippen molar-refractivity contribution in [3.63, 3.8) is 0 Å². The van der Waals surface area contributed by atoms with Crippen molar-refractivity contribution in [2.24, 2.45) is 0 Å². The molecule has 3 rings (SSSR count). The molecule has 21 heavy (non-hydrogen) atoms. The molecule has 3 amide bonds. The van der Waals surface area contributed by atoms with Crippen LogP contribution in [0.4, 0.5) is 4.79 Å². The molecular formula is C16H21N3O2. The van der Waals surface area contributed by atoms with Gasteiger partial charge < -0.3 is 15.1 Å². The van der Waals surface area contributed by atoms with Gasteiger partial charge in [0.2, 0.25) is 5.91 Å². The standard InChI is InChI=1S/C16H21N3O2/c20-15-10-14(17-16(21)18-8-4-5-9-18)12-19(15)11-13-6-2-1-3-7-13/h1-3,6-7,14H,4-5,8-12H2,(H,17,21). The molecule has 1 aromatic rings. The highest BCUT2D eigenvalue weighted by atomic mass is 16.2. The number of amides is 3. The fourth-order valence-corrected chi connectivity index (χ4v) is 3.01. The lowest BCUT2D eigenvalue weighted by molar-refractivity contribution is -0.128. The van der Waals surface area contributed by atoms with E-state index in [0.29, 0.717) is 19.5 Å². The third-order valence-corrected chi connectivity index (χ3v) is 4.15. The second-order valence-electron chi connectivity index (χ2n) is 5.80.